The highest BCUT2D eigenvalue weighted by molar-refractivity contribution is 5.94. The van der Waals surface area contributed by atoms with Crippen molar-refractivity contribution in [2.75, 3.05) is 21.3 Å². The molecule has 1 N–H and O–H groups in total. The van der Waals surface area contributed by atoms with Gasteiger partial charge in [0.15, 0.2) is 11.5 Å². The predicted molar refractivity (Wildman–Crippen MR) is 103 cm³/mol. The van der Waals surface area contributed by atoms with E-state index in [1.54, 1.807) is 43.5 Å². The summed E-state index contributed by atoms with van der Waals surface area (Å²) in [4.78, 5) is 29.4. The SMILES string of the molecule is COc1cc(C(C)NC(=O)c2cnc3ccccn3c2=O)cc(OC)c1OC. The average molecular weight is 383 g/mol. The second-order valence-corrected chi connectivity index (χ2v) is 6.06. The first kappa shape index (κ1) is 19.2. The fourth-order valence-corrected chi connectivity index (χ4v) is 2.89. The van der Waals surface area contributed by atoms with Gasteiger partial charge in [0, 0.05) is 12.4 Å². The van der Waals surface area contributed by atoms with E-state index in [-0.39, 0.29) is 5.56 Å². The highest BCUT2D eigenvalue weighted by Gasteiger charge is 2.20. The zero-order chi connectivity index (χ0) is 20.3. The third kappa shape index (κ3) is 3.48. The number of ether oxygens (including phenoxy) is 3. The smallest absolute Gasteiger partial charge is 0.270 e. The number of benzene rings is 1. The number of aromatic nitrogens is 2. The minimum absolute atomic E-state index is 0.0389. The van der Waals surface area contributed by atoms with E-state index in [0.717, 1.165) is 5.56 Å². The molecule has 3 rings (SSSR count). The first-order valence-electron chi connectivity index (χ1n) is 8.57. The first-order chi connectivity index (χ1) is 13.5. The van der Waals surface area contributed by atoms with E-state index in [1.807, 2.05) is 0 Å². The summed E-state index contributed by atoms with van der Waals surface area (Å²) in [5.41, 5.74) is 0.738. The minimum Gasteiger partial charge on any atom is -0.493 e. The van der Waals surface area contributed by atoms with Gasteiger partial charge < -0.3 is 19.5 Å². The third-order valence-electron chi connectivity index (χ3n) is 4.39. The van der Waals surface area contributed by atoms with Gasteiger partial charge >= 0.3 is 0 Å². The molecule has 8 nitrogen and oxygen atoms in total. The van der Waals surface area contributed by atoms with Crippen LogP contribution in [0.2, 0.25) is 0 Å². The molecule has 0 bridgehead atoms. The maximum absolute atomic E-state index is 12.7. The second kappa shape index (κ2) is 7.99. The molecule has 1 unspecified atom stereocenters. The zero-order valence-corrected chi connectivity index (χ0v) is 16.1. The molecule has 2 aromatic heterocycles. The predicted octanol–water partition coefficient (Wildman–Crippen LogP) is 2.21. The molecule has 0 radical (unpaired) electrons. The van der Waals surface area contributed by atoms with Crippen LogP contribution in [0.5, 0.6) is 17.2 Å². The van der Waals surface area contributed by atoms with Crippen molar-refractivity contribution in [1.29, 1.82) is 0 Å². The molecular weight excluding hydrogens is 362 g/mol. The fraction of sp³-hybridized carbons (Fsp3) is 0.250. The van der Waals surface area contributed by atoms with Crippen LogP contribution in [0.4, 0.5) is 0 Å². The van der Waals surface area contributed by atoms with Crippen molar-refractivity contribution in [2.24, 2.45) is 0 Å². The van der Waals surface area contributed by atoms with Crippen LogP contribution in [-0.2, 0) is 0 Å². The summed E-state index contributed by atoms with van der Waals surface area (Å²) in [6, 6.07) is 8.25. The number of nitrogens with zero attached hydrogens (tertiary/aromatic N) is 2. The van der Waals surface area contributed by atoms with E-state index >= 15 is 0 Å². The van der Waals surface area contributed by atoms with Crippen molar-refractivity contribution in [3.05, 3.63) is 64.2 Å². The number of hydrogen-bond donors (Lipinski definition) is 1. The van der Waals surface area contributed by atoms with Gasteiger partial charge in [0.1, 0.15) is 11.2 Å². The van der Waals surface area contributed by atoms with Gasteiger partial charge in [0.05, 0.1) is 27.4 Å². The maximum Gasteiger partial charge on any atom is 0.270 e. The molecule has 0 aliphatic heterocycles. The highest BCUT2D eigenvalue weighted by atomic mass is 16.5. The molecule has 2 heterocycles. The third-order valence-corrected chi connectivity index (χ3v) is 4.39. The van der Waals surface area contributed by atoms with Crippen LogP contribution in [0.15, 0.2) is 47.5 Å². The van der Waals surface area contributed by atoms with Gasteiger partial charge in [0.2, 0.25) is 5.75 Å². The summed E-state index contributed by atoms with van der Waals surface area (Å²) in [7, 11) is 4.56. The van der Waals surface area contributed by atoms with Crippen molar-refractivity contribution in [1.82, 2.24) is 14.7 Å². The van der Waals surface area contributed by atoms with E-state index in [9.17, 15) is 9.59 Å². The molecule has 0 spiro atoms. The second-order valence-electron chi connectivity index (χ2n) is 6.06. The van der Waals surface area contributed by atoms with E-state index in [0.29, 0.717) is 22.9 Å². The van der Waals surface area contributed by atoms with Gasteiger partial charge in [-0.05, 0) is 36.8 Å². The number of pyridine rings is 1. The van der Waals surface area contributed by atoms with E-state index in [2.05, 4.69) is 10.3 Å². The lowest BCUT2D eigenvalue weighted by Crippen LogP contribution is -2.33. The fourth-order valence-electron chi connectivity index (χ4n) is 2.89. The molecule has 1 atom stereocenters. The van der Waals surface area contributed by atoms with Crippen LogP contribution in [-0.4, -0.2) is 36.6 Å². The topological polar surface area (TPSA) is 91.2 Å². The van der Waals surface area contributed by atoms with Crippen molar-refractivity contribution in [2.45, 2.75) is 13.0 Å². The van der Waals surface area contributed by atoms with Crippen LogP contribution >= 0.6 is 0 Å². The van der Waals surface area contributed by atoms with Gasteiger partial charge in [-0.15, -0.1) is 0 Å². The monoisotopic (exact) mass is 383 g/mol. The zero-order valence-electron chi connectivity index (χ0n) is 16.1. The lowest BCUT2D eigenvalue weighted by molar-refractivity contribution is 0.0937. The number of carbonyl (C=O) groups is 1. The molecule has 146 valence electrons. The number of carbonyl (C=O) groups excluding carboxylic acids is 1. The molecule has 1 amide bonds. The number of fused-ring (bicyclic) bond motifs is 1. The summed E-state index contributed by atoms with van der Waals surface area (Å²) in [6.45, 7) is 1.80. The van der Waals surface area contributed by atoms with Crippen LogP contribution in [0, 0.1) is 0 Å². The molecule has 28 heavy (non-hydrogen) atoms. The van der Waals surface area contributed by atoms with E-state index in [1.165, 1.54) is 31.9 Å². The quantitative estimate of drug-likeness (QED) is 0.702. The Bertz CT molecular complexity index is 1050. The summed E-state index contributed by atoms with van der Waals surface area (Å²) in [5.74, 6) is 0.900. The number of nitrogens with one attached hydrogen (secondary N) is 1. The largest absolute Gasteiger partial charge is 0.493 e. The lowest BCUT2D eigenvalue weighted by Gasteiger charge is -2.18. The Balaban J connectivity index is 1.91. The first-order valence-corrected chi connectivity index (χ1v) is 8.57. The van der Waals surface area contributed by atoms with Gasteiger partial charge in [-0.2, -0.15) is 0 Å². The lowest BCUT2D eigenvalue weighted by atomic mass is 10.1. The maximum atomic E-state index is 12.7. The molecule has 8 heteroatoms. The van der Waals surface area contributed by atoms with Gasteiger partial charge in [-0.3, -0.25) is 14.0 Å². The number of rotatable bonds is 6. The number of methoxy groups -OCH3 is 3. The Kier molecular flexibility index (Phi) is 5.49. The van der Waals surface area contributed by atoms with Crippen LogP contribution < -0.4 is 25.1 Å². The number of hydrogen-bond acceptors (Lipinski definition) is 6. The summed E-state index contributed by atoms with van der Waals surface area (Å²) >= 11 is 0. The Morgan fingerprint density at radius 3 is 2.39 bits per heavy atom. The standard InChI is InChI=1S/C20H21N3O5/c1-12(13-9-15(26-2)18(28-4)16(10-13)27-3)22-19(24)14-11-21-17-7-5-6-8-23(17)20(14)25/h5-12H,1-4H3,(H,22,24). The summed E-state index contributed by atoms with van der Waals surface area (Å²) in [6.07, 6.45) is 2.86. The van der Waals surface area contributed by atoms with E-state index in [4.69, 9.17) is 14.2 Å². The Morgan fingerprint density at radius 2 is 1.79 bits per heavy atom. The molecule has 0 saturated heterocycles. The van der Waals surface area contributed by atoms with Gasteiger partial charge in [-0.1, -0.05) is 6.07 Å². The normalized spacial score (nSPS) is 11.7. The van der Waals surface area contributed by atoms with Crippen molar-refractivity contribution in [3.8, 4) is 17.2 Å². The van der Waals surface area contributed by atoms with Crippen LogP contribution in [0.25, 0.3) is 5.65 Å². The molecule has 0 aliphatic rings. The Labute approximate surface area is 161 Å². The molecule has 3 aromatic rings. The van der Waals surface area contributed by atoms with Crippen molar-refractivity contribution in [3.63, 3.8) is 0 Å². The average Bonchev–Trinajstić information content (AvgIpc) is 2.72. The molecule has 0 aliphatic carbocycles. The molecular formula is C20H21N3O5. The van der Waals surface area contributed by atoms with Crippen molar-refractivity contribution < 1.29 is 19.0 Å². The molecule has 1 aromatic carbocycles. The van der Waals surface area contributed by atoms with Gasteiger partial charge in [0.25, 0.3) is 11.5 Å². The van der Waals surface area contributed by atoms with Crippen LogP contribution in [0.3, 0.4) is 0 Å². The molecule has 0 fully saturated rings. The molecule has 0 saturated carbocycles. The minimum atomic E-state index is -0.517. The number of amides is 1. The Morgan fingerprint density at radius 1 is 1.11 bits per heavy atom. The summed E-state index contributed by atoms with van der Waals surface area (Å²) < 4.78 is 17.3. The van der Waals surface area contributed by atoms with E-state index < -0.39 is 17.5 Å². The van der Waals surface area contributed by atoms with Gasteiger partial charge in [-0.25, -0.2) is 4.98 Å². The highest BCUT2D eigenvalue weighted by Crippen LogP contribution is 2.39. The van der Waals surface area contributed by atoms with Crippen molar-refractivity contribution >= 4 is 11.6 Å². The van der Waals surface area contributed by atoms with Crippen LogP contribution in [0.1, 0.15) is 28.9 Å². The Hall–Kier alpha value is -3.55. The summed E-state index contributed by atoms with van der Waals surface area (Å²) in [5, 5.41) is 2.81.